The van der Waals surface area contributed by atoms with Crippen molar-refractivity contribution in [2.24, 2.45) is 11.8 Å². The van der Waals surface area contributed by atoms with Crippen LogP contribution >= 0.6 is 0 Å². The molecule has 2 unspecified atom stereocenters. The quantitative estimate of drug-likeness (QED) is 0.863. The number of hydrogen-bond donors (Lipinski definition) is 1. The second kappa shape index (κ2) is 5.59. The maximum absolute atomic E-state index is 13.0. The van der Waals surface area contributed by atoms with Gasteiger partial charge in [0.1, 0.15) is 0 Å². The highest BCUT2D eigenvalue weighted by atomic mass is 19.4. The summed E-state index contributed by atoms with van der Waals surface area (Å²) in [4.78, 5) is 14.2. The molecule has 1 aromatic heterocycles. The van der Waals surface area contributed by atoms with E-state index in [-0.39, 0.29) is 11.3 Å². The van der Waals surface area contributed by atoms with E-state index in [1.165, 1.54) is 26.2 Å². The highest BCUT2D eigenvalue weighted by Gasteiger charge is 2.41. The normalized spacial score (nSPS) is 25.9. The molecule has 2 atom stereocenters. The predicted molar refractivity (Wildman–Crippen MR) is 74.3 cm³/mol. The number of amides is 1. The number of halogens is 3. The van der Waals surface area contributed by atoms with Crippen LogP contribution in [0.3, 0.4) is 0 Å². The number of alkyl halides is 3. The first kappa shape index (κ1) is 15.4. The smallest absolute Gasteiger partial charge is 0.339 e. The fourth-order valence-corrected chi connectivity index (χ4v) is 3.89. The van der Waals surface area contributed by atoms with E-state index < -0.39 is 17.8 Å². The molecule has 2 aliphatic rings. The molecular weight excluding hydrogens is 295 g/mol. The Morgan fingerprint density at radius 3 is 2.32 bits per heavy atom. The van der Waals surface area contributed by atoms with Gasteiger partial charge in [-0.1, -0.05) is 19.3 Å². The van der Waals surface area contributed by atoms with Gasteiger partial charge < -0.3 is 4.90 Å². The summed E-state index contributed by atoms with van der Waals surface area (Å²) in [6.45, 7) is 2.55. The Bertz CT molecular complexity index is 553. The molecule has 0 spiro atoms. The Labute approximate surface area is 127 Å². The molecule has 1 saturated heterocycles. The first-order valence-corrected chi connectivity index (χ1v) is 7.79. The third-order valence-electron chi connectivity index (χ3n) is 5.07. The number of rotatable bonds is 1. The second-order valence-corrected chi connectivity index (χ2v) is 6.39. The summed E-state index contributed by atoms with van der Waals surface area (Å²) in [7, 11) is 0. The molecule has 1 aliphatic carbocycles. The van der Waals surface area contributed by atoms with E-state index in [1.54, 1.807) is 4.90 Å². The van der Waals surface area contributed by atoms with E-state index in [0.717, 1.165) is 12.8 Å². The Kier molecular flexibility index (Phi) is 3.91. The van der Waals surface area contributed by atoms with Crippen molar-refractivity contribution in [3.63, 3.8) is 0 Å². The van der Waals surface area contributed by atoms with Crippen molar-refractivity contribution in [1.29, 1.82) is 0 Å². The van der Waals surface area contributed by atoms with E-state index in [0.29, 0.717) is 24.9 Å². The number of aromatic nitrogens is 2. The fourth-order valence-electron chi connectivity index (χ4n) is 3.89. The van der Waals surface area contributed by atoms with Gasteiger partial charge in [-0.15, -0.1) is 0 Å². The number of likely N-dealkylation sites (tertiary alicyclic amines) is 1. The lowest BCUT2D eigenvalue weighted by atomic mass is 9.92. The molecule has 2 fully saturated rings. The Morgan fingerprint density at radius 2 is 1.77 bits per heavy atom. The molecule has 2 heterocycles. The van der Waals surface area contributed by atoms with Gasteiger partial charge in [0.25, 0.3) is 5.91 Å². The highest BCUT2D eigenvalue weighted by molar-refractivity contribution is 5.96. The lowest BCUT2D eigenvalue weighted by Gasteiger charge is -2.21. The van der Waals surface area contributed by atoms with E-state index in [4.69, 9.17) is 0 Å². The summed E-state index contributed by atoms with van der Waals surface area (Å²) in [6, 6.07) is 0. The maximum Gasteiger partial charge on any atom is 0.435 e. The summed E-state index contributed by atoms with van der Waals surface area (Å²) in [6.07, 6.45) is 0.792. The van der Waals surface area contributed by atoms with Gasteiger partial charge in [0.15, 0.2) is 5.69 Å². The number of H-pyrrole nitrogens is 1. The van der Waals surface area contributed by atoms with Gasteiger partial charge in [0.2, 0.25) is 0 Å². The van der Waals surface area contributed by atoms with Gasteiger partial charge in [-0.3, -0.25) is 9.89 Å². The minimum atomic E-state index is -4.61. The van der Waals surface area contributed by atoms with Crippen molar-refractivity contribution in [2.45, 2.75) is 45.2 Å². The molecule has 0 bridgehead atoms. The van der Waals surface area contributed by atoms with Gasteiger partial charge in [-0.25, -0.2) is 0 Å². The summed E-state index contributed by atoms with van der Waals surface area (Å²) in [5, 5.41) is 5.59. The molecule has 7 heteroatoms. The van der Waals surface area contributed by atoms with Crippen LogP contribution in [-0.2, 0) is 6.18 Å². The molecule has 0 radical (unpaired) electrons. The van der Waals surface area contributed by atoms with Crippen molar-refractivity contribution < 1.29 is 18.0 Å². The third-order valence-corrected chi connectivity index (χ3v) is 5.07. The number of aromatic amines is 1. The van der Waals surface area contributed by atoms with E-state index >= 15 is 0 Å². The number of fused-ring (bicyclic) bond motifs is 1. The molecule has 22 heavy (non-hydrogen) atoms. The van der Waals surface area contributed by atoms with Gasteiger partial charge in [-0.05, 0) is 31.6 Å². The lowest BCUT2D eigenvalue weighted by molar-refractivity contribution is -0.141. The van der Waals surface area contributed by atoms with Gasteiger partial charge in [-0.2, -0.15) is 18.3 Å². The van der Waals surface area contributed by atoms with Gasteiger partial charge in [0, 0.05) is 18.8 Å². The van der Waals surface area contributed by atoms with Crippen LogP contribution in [0.2, 0.25) is 0 Å². The molecule has 1 N–H and O–H groups in total. The monoisotopic (exact) mass is 315 g/mol. The Morgan fingerprint density at radius 1 is 1.18 bits per heavy atom. The summed E-state index contributed by atoms with van der Waals surface area (Å²) in [5.41, 5.74) is -1.24. The number of carbonyl (C=O) groups is 1. The molecule has 1 aliphatic heterocycles. The van der Waals surface area contributed by atoms with Crippen LogP contribution in [0.1, 0.15) is 53.8 Å². The van der Waals surface area contributed by atoms with Crippen molar-refractivity contribution in [3.8, 4) is 0 Å². The van der Waals surface area contributed by atoms with Crippen LogP contribution in [0, 0.1) is 18.8 Å². The summed E-state index contributed by atoms with van der Waals surface area (Å²) in [5.74, 6) is 0.717. The van der Waals surface area contributed by atoms with E-state index in [2.05, 4.69) is 10.2 Å². The average Bonchev–Trinajstić information content (AvgIpc) is 3.00. The topological polar surface area (TPSA) is 49.0 Å². The zero-order valence-corrected chi connectivity index (χ0v) is 12.5. The van der Waals surface area contributed by atoms with Crippen molar-refractivity contribution in [2.75, 3.05) is 13.1 Å². The van der Waals surface area contributed by atoms with Crippen LogP contribution < -0.4 is 0 Å². The van der Waals surface area contributed by atoms with Crippen molar-refractivity contribution in [1.82, 2.24) is 15.1 Å². The van der Waals surface area contributed by atoms with Crippen molar-refractivity contribution in [3.05, 3.63) is 17.0 Å². The van der Waals surface area contributed by atoms with Gasteiger partial charge in [0.05, 0.1) is 5.56 Å². The minimum absolute atomic E-state index is 0.182. The zero-order chi connectivity index (χ0) is 15.9. The third kappa shape index (κ3) is 2.73. The van der Waals surface area contributed by atoms with Crippen LogP contribution in [0.5, 0.6) is 0 Å². The fraction of sp³-hybridized carbons (Fsp3) is 0.733. The predicted octanol–water partition coefficient (Wildman–Crippen LogP) is 3.39. The SMILES string of the molecule is Cc1[nH]nc(C(F)(F)F)c1C(=O)N1CCC2CCCC2CC1. The van der Waals surface area contributed by atoms with Crippen molar-refractivity contribution >= 4 is 5.91 Å². The molecule has 1 aromatic rings. The first-order chi connectivity index (χ1) is 10.4. The zero-order valence-electron chi connectivity index (χ0n) is 12.5. The second-order valence-electron chi connectivity index (χ2n) is 6.39. The average molecular weight is 315 g/mol. The lowest BCUT2D eigenvalue weighted by Crippen LogP contribution is -2.33. The molecule has 1 amide bonds. The first-order valence-electron chi connectivity index (χ1n) is 7.79. The molecular formula is C15H20F3N3O. The standard InChI is InChI=1S/C15H20F3N3O/c1-9-12(13(20-19-9)15(16,17)18)14(22)21-7-5-10-3-2-4-11(10)6-8-21/h10-11H,2-8H2,1H3,(H,19,20). The van der Waals surface area contributed by atoms with Crippen LogP contribution in [0.15, 0.2) is 0 Å². The maximum atomic E-state index is 13.0. The molecule has 1 saturated carbocycles. The van der Waals surface area contributed by atoms with Gasteiger partial charge >= 0.3 is 6.18 Å². The van der Waals surface area contributed by atoms with E-state index in [1.807, 2.05) is 0 Å². The summed E-state index contributed by atoms with van der Waals surface area (Å²) < 4.78 is 39.0. The minimum Gasteiger partial charge on any atom is -0.339 e. The van der Waals surface area contributed by atoms with Crippen LogP contribution in [0.4, 0.5) is 13.2 Å². The highest BCUT2D eigenvalue weighted by Crippen LogP contribution is 2.39. The van der Waals surface area contributed by atoms with Crippen LogP contribution in [0.25, 0.3) is 0 Å². The number of aryl methyl sites for hydroxylation is 1. The largest absolute Gasteiger partial charge is 0.435 e. The molecule has 4 nitrogen and oxygen atoms in total. The molecule has 3 rings (SSSR count). The number of nitrogens with zero attached hydrogens (tertiary/aromatic N) is 2. The van der Waals surface area contributed by atoms with E-state index in [9.17, 15) is 18.0 Å². The summed E-state index contributed by atoms with van der Waals surface area (Å²) >= 11 is 0. The molecule has 122 valence electrons. The van der Waals surface area contributed by atoms with Crippen LogP contribution in [-0.4, -0.2) is 34.1 Å². The number of carbonyl (C=O) groups excluding carboxylic acids is 1. The Balaban J connectivity index is 1.81. The number of hydrogen-bond acceptors (Lipinski definition) is 2. The molecule has 0 aromatic carbocycles. The number of nitrogens with one attached hydrogen (secondary N) is 1. The Hall–Kier alpha value is -1.53.